The minimum absolute atomic E-state index is 0.147. The maximum atomic E-state index is 13.2. The van der Waals surface area contributed by atoms with Crippen LogP contribution in [-0.4, -0.2) is 25.2 Å². The van der Waals surface area contributed by atoms with Gasteiger partial charge in [0.2, 0.25) is 0 Å². The summed E-state index contributed by atoms with van der Waals surface area (Å²) < 4.78 is 13.2. The van der Waals surface area contributed by atoms with Crippen molar-refractivity contribution in [3.05, 3.63) is 30.1 Å². The van der Waals surface area contributed by atoms with Gasteiger partial charge in [0.15, 0.2) is 0 Å². The van der Waals surface area contributed by atoms with E-state index in [0.29, 0.717) is 18.1 Å². The zero-order chi connectivity index (χ0) is 11.8. The van der Waals surface area contributed by atoms with Gasteiger partial charge in [-0.15, -0.1) is 0 Å². The molecular weight excluding hydrogens is 215 g/mol. The molecular formula is C14H19FN2. The van der Waals surface area contributed by atoms with E-state index in [1.54, 1.807) is 12.1 Å². The molecule has 2 saturated heterocycles. The van der Waals surface area contributed by atoms with Gasteiger partial charge in [-0.25, -0.2) is 4.39 Å². The minimum atomic E-state index is -0.147. The zero-order valence-corrected chi connectivity index (χ0v) is 10.2. The van der Waals surface area contributed by atoms with Crippen molar-refractivity contribution in [2.45, 2.75) is 43.8 Å². The first kappa shape index (κ1) is 11.0. The molecule has 2 heterocycles. The van der Waals surface area contributed by atoms with Gasteiger partial charge in [-0.1, -0.05) is 6.07 Å². The summed E-state index contributed by atoms with van der Waals surface area (Å²) in [5.74, 6) is -0.147. The molecule has 0 amide bonds. The minimum Gasteiger partial charge on any atom is -0.371 e. The van der Waals surface area contributed by atoms with Gasteiger partial charge >= 0.3 is 0 Å². The SMILES string of the molecule is CN(c1cccc(F)c1)C1CC2CCC(C1)N2. The van der Waals surface area contributed by atoms with E-state index < -0.39 is 0 Å². The second-order valence-electron chi connectivity index (χ2n) is 5.35. The van der Waals surface area contributed by atoms with E-state index in [1.807, 2.05) is 6.07 Å². The molecule has 1 N–H and O–H groups in total. The lowest BCUT2D eigenvalue weighted by Crippen LogP contribution is -2.47. The first-order chi connectivity index (χ1) is 8.22. The summed E-state index contributed by atoms with van der Waals surface area (Å²) in [6.45, 7) is 0. The van der Waals surface area contributed by atoms with Crippen LogP contribution in [0.4, 0.5) is 10.1 Å². The summed E-state index contributed by atoms with van der Waals surface area (Å²) in [5, 5.41) is 3.64. The quantitative estimate of drug-likeness (QED) is 0.846. The van der Waals surface area contributed by atoms with Crippen LogP contribution in [0.25, 0.3) is 0 Å². The number of anilines is 1. The topological polar surface area (TPSA) is 15.3 Å². The van der Waals surface area contributed by atoms with Gasteiger partial charge in [-0.05, 0) is 43.9 Å². The van der Waals surface area contributed by atoms with E-state index in [4.69, 9.17) is 0 Å². The second kappa shape index (κ2) is 4.30. The molecule has 2 aliphatic rings. The molecule has 0 radical (unpaired) electrons. The molecule has 17 heavy (non-hydrogen) atoms. The molecule has 3 rings (SSSR count). The summed E-state index contributed by atoms with van der Waals surface area (Å²) in [6, 6.07) is 8.82. The Morgan fingerprint density at radius 3 is 2.59 bits per heavy atom. The van der Waals surface area contributed by atoms with Gasteiger partial charge in [0, 0.05) is 30.9 Å². The predicted molar refractivity (Wildman–Crippen MR) is 67.8 cm³/mol. The molecule has 3 heteroatoms. The van der Waals surface area contributed by atoms with E-state index in [9.17, 15) is 4.39 Å². The van der Waals surface area contributed by atoms with Gasteiger partial charge < -0.3 is 10.2 Å². The van der Waals surface area contributed by atoms with E-state index >= 15 is 0 Å². The number of nitrogens with one attached hydrogen (secondary N) is 1. The number of hydrogen-bond donors (Lipinski definition) is 1. The molecule has 0 saturated carbocycles. The maximum absolute atomic E-state index is 13.2. The largest absolute Gasteiger partial charge is 0.371 e. The van der Waals surface area contributed by atoms with Crippen LogP contribution in [-0.2, 0) is 0 Å². The van der Waals surface area contributed by atoms with Crippen LogP contribution in [0.2, 0.25) is 0 Å². The lowest BCUT2D eigenvalue weighted by atomic mass is 9.98. The van der Waals surface area contributed by atoms with Crippen molar-refractivity contribution in [1.82, 2.24) is 5.32 Å². The van der Waals surface area contributed by atoms with Crippen molar-refractivity contribution in [2.75, 3.05) is 11.9 Å². The molecule has 92 valence electrons. The zero-order valence-electron chi connectivity index (χ0n) is 10.2. The third-order valence-electron chi connectivity index (χ3n) is 4.21. The Balaban J connectivity index is 1.76. The Labute approximate surface area is 102 Å². The highest BCUT2D eigenvalue weighted by Crippen LogP contribution is 2.31. The summed E-state index contributed by atoms with van der Waals surface area (Å²) >= 11 is 0. The molecule has 0 aromatic heterocycles. The number of halogens is 1. The van der Waals surface area contributed by atoms with E-state index in [2.05, 4.69) is 17.3 Å². The Bertz CT molecular complexity index is 395. The van der Waals surface area contributed by atoms with Crippen LogP contribution >= 0.6 is 0 Å². The van der Waals surface area contributed by atoms with E-state index in [0.717, 1.165) is 5.69 Å². The normalized spacial score (nSPS) is 31.5. The van der Waals surface area contributed by atoms with Crippen LogP contribution in [0.15, 0.2) is 24.3 Å². The van der Waals surface area contributed by atoms with Gasteiger partial charge in [-0.2, -0.15) is 0 Å². The molecule has 2 atom stereocenters. The molecule has 0 spiro atoms. The van der Waals surface area contributed by atoms with Crippen molar-refractivity contribution in [2.24, 2.45) is 0 Å². The van der Waals surface area contributed by atoms with Gasteiger partial charge in [-0.3, -0.25) is 0 Å². The van der Waals surface area contributed by atoms with Crippen molar-refractivity contribution in [1.29, 1.82) is 0 Å². The summed E-state index contributed by atoms with van der Waals surface area (Å²) in [5.41, 5.74) is 0.997. The fourth-order valence-electron chi connectivity index (χ4n) is 3.25. The Morgan fingerprint density at radius 2 is 1.94 bits per heavy atom. The van der Waals surface area contributed by atoms with Crippen molar-refractivity contribution in [3.8, 4) is 0 Å². The summed E-state index contributed by atoms with van der Waals surface area (Å²) in [7, 11) is 2.09. The first-order valence-electron chi connectivity index (χ1n) is 6.47. The number of nitrogens with zero attached hydrogens (tertiary/aromatic N) is 1. The van der Waals surface area contributed by atoms with Crippen LogP contribution in [0.5, 0.6) is 0 Å². The lowest BCUT2D eigenvalue weighted by Gasteiger charge is -2.36. The van der Waals surface area contributed by atoms with Crippen molar-refractivity contribution >= 4 is 5.69 Å². The van der Waals surface area contributed by atoms with Gasteiger partial charge in [0.25, 0.3) is 0 Å². The van der Waals surface area contributed by atoms with Crippen LogP contribution in [0.1, 0.15) is 25.7 Å². The number of rotatable bonds is 2. The van der Waals surface area contributed by atoms with Crippen molar-refractivity contribution in [3.63, 3.8) is 0 Å². The fourth-order valence-corrected chi connectivity index (χ4v) is 3.25. The highest BCUT2D eigenvalue weighted by molar-refractivity contribution is 5.46. The Kier molecular flexibility index (Phi) is 2.79. The van der Waals surface area contributed by atoms with Crippen molar-refractivity contribution < 1.29 is 4.39 Å². The third kappa shape index (κ3) is 2.16. The summed E-state index contributed by atoms with van der Waals surface area (Å²) in [4.78, 5) is 2.25. The van der Waals surface area contributed by atoms with E-state index in [-0.39, 0.29) is 5.82 Å². The van der Waals surface area contributed by atoms with Crippen LogP contribution in [0, 0.1) is 5.82 Å². The lowest BCUT2D eigenvalue weighted by molar-refractivity contribution is 0.354. The standard InChI is InChI=1S/C14H19FN2/c1-17(13-4-2-3-10(15)7-13)14-8-11-5-6-12(9-14)16-11/h2-4,7,11-12,14,16H,5-6,8-9H2,1H3. The molecule has 2 nitrogen and oxygen atoms in total. The summed E-state index contributed by atoms with van der Waals surface area (Å²) in [6.07, 6.45) is 4.98. The fraction of sp³-hybridized carbons (Fsp3) is 0.571. The Hall–Kier alpha value is -1.09. The molecule has 2 aliphatic heterocycles. The molecule has 2 unspecified atom stereocenters. The smallest absolute Gasteiger partial charge is 0.125 e. The molecule has 1 aromatic rings. The molecule has 2 bridgehead atoms. The van der Waals surface area contributed by atoms with Crippen LogP contribution < -0.4 is 10.2 Å². The second-order valence-corrected chi connectivity index (χ2v) is 5.35. The molecule has 0 aliphatic carbocycles. The number of hydrogen-bond acceptors (Lipinski definition) is 2. The monoisotopic (exact) mass is 234 g/mol. The van der Waals surface area contributed by atoms with Crippen LogP contribution in [0.3, 0.4) is 0 Å². The molecule has 1 aromatic carbocycles. The number of benzene rings is 1. The predicted octanol–water partition coefficient (Wildman–Crippen LogP) is 2.54. The number of fused-ring (bicyclic) bond motifs is 2. The van der Waals surface area contributed by atoms with Gasteiger partial charge in [0.1, 0.15) is 5.82 Å². The average Bonchev–Trinajstić information content (AvgIpc) is 2.67. The molecule has 2 fully saturated rings. The first-order valence-corrected chi connectivity index (χ1v) is 6.47. The van der Waals surface area contributed by atoms with Gasteiger partial charge in [0.05, 0.1) is 0 Å². The Morgan fingerprint density at radius 1 is 1.24 bits per heavy atom. The number of piperidine rings is 1. The average molecular weight is 234 g/mol. The third-order valence-corrected chi connectivity index (χ3v) is 4.21. The van der Waals surface area contributed by atoms with E-state index in [1.165, 1.54) is 31.7 Å². The highest BCUT2D eigenvalue weighted by atomic mass is 19.1. The maximum Gasteiger partial charge on any atom is 0.125 e. The highest BCUT2D eigenvalue weighted by Gasteiger charge is 2.35.